The SMILES string of the molecule is Cc1ccc(S(=O)(=O)N2CCC[C@H](C(=O)NCc3ccco3)C2)cc1Cl. The first-order valence-electron chi connectivity index (χ1n) is 8.44. The average molecular weight is 397 g/mol. The van der Waals surface area contributed by atoms with E-state index in [1.807, 2.05) is 6.92 Å². The van der Waals surface area contributed by atoms with E-state index in [1.165, 1.54) is 10.4 Å². The van der Waals surface area contributed by atoms with Gasteiger partial charge in [-0.2, -0.15) is 4.31 Å². The van der Waals surface area contributed by atoms with Crippen LogP contribution in [0.4, 0.5) is 0 Å². The summed E-state index contributed by atoms with van der Waals surface area (Å²) in [7, 11) is -3.68. The molecule has 1 N–H and O–H groups in total. The highest BCUT2D eigenvalue weighted by molar-refractivity contribution is 7.89. The number of carbonyl (C=O) groups is 1. The number of furan rings is 1. The van der Waals surface area contributed by atoms with Crippen LogP contribution in [0.15, 0.2) is 45.9 Å². The van der Waals surface area contributed by atoms with Gasteiger partial charge in [-0.3, -0.25) is 4.79 Å². The fourth-order valence-electron chi connectivity index (χ4n) is 2.99. The molecule has 1 saturated heterocycles. The van der Waals surface area contributed by atoms with Crippen molar-refractivity contribution in [3.05, 3.63) is 52.9 Å². The average Bonchev–Trinajstić information content (AvgIpc) is 3.15. The summed E-state index contributed by atoms with van der Waals surface area (Å²) in [6.07, 6.45) is 2.84. The van der Waals surface area contributed by atoms with Crippen LogP contribution in [-0.4, -0.2) is 31.7 Å². The van der Waals surface area contributed by atoms with Crippen LogP contribution in [-0.2, 0) is 21.4 Å². The molecule has 1 atom stereocenters. The van der Waals surface area contributed by atoms with Crippen molar-refractivity contribution >= 4 is 27.5 Å². The molecule has 0 radical (unpaired) electrons. The molecule has 6 nitrogen and oxygen atoms in total. The first kappa shape index (κ1) is 18.9. The number of hydrogen-bond donors (Lipinski definition) is 1. The van der Waals surface area contributed by atoms with Crippen molar-refractivity contribution in [1.82, 2.24) is 9.62 Å². The number of aryl methyl sites for hydroxylation is 1. The topological polar surface area (TPSA) is 79.6 Å². The quantitative estimate of drug-likeness (QED) is 0.842. The minimum atomic E-state index is -3.68. The van der Waals surface area contributed by atoms with E-state index in [0.29, 0.717) is 36.7 Å². The number of rotatable bonds is 5. The largest absolute Gasteiger partial charge is 0.467 e. The zero-order valence-corrected chi connectivity index (χ0v) is 16.0. The van der Waals surface area contributed by atoms with Crippen LogP contribution in [0.1, 0.15) is 24.2 Å². The van der Waals surface area contributed by atoms with Gasteiger partial charge in [0.2, 0.25) is 15.9 Å². The molecular weight excluding hydrogens is 376 g/mol. The lowest BCUT2D eigenvalue weighted by molar-refractivity contribution is -0.126. The maximum Gasteiger partial charge on any atom is 0.243 e. The molecule has 2 heterocycles. The molecule has 1 aromatic heterocycles. The molecule has 3 rings (SSSR count). The third kappa shape index (κ3) is 4.11. The molecule has 0 unspecified atom stereocenters. The standard InChI is InChI=1S/C18H21ClN2O4S/c1-13-6-7-16(10-17(13)19)26(23,24)21-8-2-4-14(12-21)18(22)20-11-15-5-3-9-25-15/h3,5-7,9-10,14H,2,4,8,11-12H2,1H3,(H,20,22)/t14-/m0/s1. The number of sulfonamides is 1. The van der Waals surface area contributed by atoms with Crippen LogP contribution in [0.5, 0.6) is 0 Å². The molecule has 0 spiro atoms. The number of amides is 1. The lowest BCUT2D eigenvalue weighted by Gasteiger charge is -2.31. The van der Waals surface area contributed by atoms with Gasteiger partial charge in [0, 0.05) is 18.1 Å². The molecule has 26 heavy (non-hydrogen) atoms. The van der Waals surface area contributed by atoms with E-state index in [2.05, 4.69) is 5.32 Å². The Morgan fingerprint density at radius 3 is 2.88 bits per heavy atom. The van der Waals surface area contributed by atoms with Crippen molar-refractivity contribution in [2.45, 2.75) is 31.2 Å². The Morgan fingerprint density at radius 1 is 1.38 bits per heavy atom. The maximum absolute atomic E-state index is 12.9. The summed E-state index contributed by atoms with van der Waals surface area (Å²) in [6.45, 7) is 2.68. The highest BCUT2D eigenvalue weighted by Crippen LogP contribution is 2.26. The van der Waals surface area contributed by atoms with E-state index in [9.17, 15) is 13.2 Å². The Balaban J connectivity index is 1.68. The van der Waals surface area contributed by atoms with Crippen molar-refractivity contribution in [2.75, 3.05) is 13.1 Å². The molecule has 140 valence electrons. The van der Waals surface area contributed by atoms with E-state index < -0.39 is 10.0 Å². The van der Waals surface area contributed by atoms with Crippen LogP contribution < -0.4 is 5.32 Å². The van der Waals surface area contributed by atoms with Gasteiger partial charge in [0.25, 0.3) is 0 Å². The van der Waals surface area contributed by atoms with Crippen molar-refractivity contribution in [2.24, 2.45) is 5.92 Å². The van der Waals surface area contributed by atoms with Gasteiger partial charge in [-0.25, -0.2) is 8.42 Å². The third-order valence-corrected chi connectivity index (χ3v) is 6.82. The minimum Gasteiger partial charge on any atom is -0.467 e. The Bertz CT molecular complexity index is 881. The number of carbonyl (C=O) groups excluding carboxylic acids is 1. The van der Waals surface area contributed by atoms with Crippen molar-refractivity contribution < 1.29 is 17.6 Å². The van der Waals surface area contributed by atoms with Gasteiger partial charge in [0.15, 0.2) is 0 Å². The predicted octanol–water partition coefficient (Wildman–Crippen LogP) is 2.96. The van der Waals surface area contributed by atoms with Crippen LogP contribution in [0.2, 0.25) is 5.02 Å². The van der Waals surface area contributed by atoms with E-state index in [-0.39, 0.29) is 23.3 Å². The monoisotopic (exact) mass is 396 g/mol. The number of hydrogen-bond acceptors (Lipinski definition) is 4. The fraction of sp³-hybridized carbons (Fsp3) is 0.389. The smallest absolute Gasteiger partial charge is 0.243 e. The Hall–Kier alpha value is -1.83. The highest BCUT2D eigenvalue weighted by Gasteiger charge is 2.33. The van der Waals surface area contributed by atoms with Gasteiger partial charge < -0.3 is 9.73 Å². The van der Waals surface area contributed by atoms with Crippen LogP contribution in [0, 0.1) is 12.8 Å². The van der Waals surface area contributed by atoms with Gasteiger partial charge >= 0.3 is 0 Å². The van der Waals surface area contributed by atoms with E-state index in [1.54, 1.807) is 30.5 Å². The highest BCUT2D eigenvalue weighted by atomic mass is 35.5. The summed E-state index contributed by atoms with van der Waals surface area (Å²) >= 11 is 6.07. The minimum absolute atomic E-state index is 0.157. The van der Waals surface area contributed by atoms with E-state index in [4.69, 9.17) is 16.0 Å². The lowest BCUT2D eigenvalue weighted by atomic mass is 9.99. The van der Waals surface area contributed by atoms with Crippen molar-refractivity contribution in [3.63, 3.8) is 0 Å². The summed E-state index contributed by atoms with van der Waals surface area (Å²) < 4.78 is 32.3. The van der Waals surface area contributed by atoms with E-state index >= 15 is 0 Å². The molecule has 1 aliphatic rings. The summed E-state index contributed by atoms with van der Waals surface area (Å²) in [5, 5.41) is 3.22. The van der Waals surface area contributed by atoms with Crippen molar-refractivity contribution in [1.29, 1.82) is 0 Å². The van der Waals surface area contributed by atoms with E-state index in [0.717, 1.165) is 5.56 Å². The Kier molecular flexibility index (Phi) is 5.70. The molecule has 2 aromatic rings. The number of benzene rings is 1. The zero-order chi connectivity index (χ0) is 18.7. The van der Waals surface area contributed by atoms with Crippen molar-refractivity contribution in [3.8, 4) is 0 Å². The van der Waals surface area contributed by atoms with Crippen LogP contribution in [0.25, 0.3) is 0 Å². The second-order valence-electron chi connectivity index (χ2n) is 6.41. The number of nitrogens with zero attached hydrogens (tertiary/aromatic N) is 1. The summed E-state index contributed by atoms with van der Waals surface area (Å²) in [4.78, 5) is 12.6. The van der Waals surface area contributed by atoms with Gasteiger partial charge in [-0.15, -0.1) is 0 Å². The molecule has 1 aromatic carbocycles. The third-order valence-electron chi connectivity index (χ3n) is 4.55. The Labute approximate surface area is 158 Å². The van der Waals surface area contributed by atoms with Gasteiger partial charge in [0.05, 0.1) is 23.6 Å². The molecular formula is C18H21ClN2O4S. The molecule has 1 aliphatic heterocycles. The fourth-order valence-corrected chi connectivity index (χ4v) is 4.79. The van der Waals surface area contributed by atoms with Gasteiger partial charge in [-0.1, -0.05) is 17.7 Å². The second-order valence-corrected chi connectivity index (χ2v) is 8.76. The predicted molar refractivity (Wildman–Crippen MR) is 98.2 cm³/mol. The maximum atomic E-state index is 12.9. The number of nitrogens with one attached hydrogen (secondary N) is 1. The molecule has 1 fully saturated rings. The molecule has 0 bridgehead atoms. The van der Waals surface area contributed by atoms with Crippen LogP contribution >= 0.6 is 11.6 Å². The first-order valence-corrected chi connectivity index (χ1v) is 10.3. The lowest BCUT2D eigenvalue weighted by Crippen LogP contribution is -2.45. The first-order chi connectivity index (χ1) is 12.4. The summed E-state index contributed by atoms with van der Waals surface area (Å²) in [6, 6.07) is 8.23. The summed E-state index contributed by atoms with van der Waals surface area (Å²) in [5.41, 5.74) is 0.819. The summed E-state index contributed by atoms with van der Waals surface area (Å²) in [5.74, 6) is 0.116. The normalized spacial score (nSPS) is 18.6. The molecule has 0 aliphatic carbocycles. The van der Waals surface area contributed by atoms with Crippen LogP contribution in [0.3, 0.4) is 0 Å². The number of halogens is 1. The van der Waals surface area contributed by atoms with Gasteiger partial charge in [0.1, 0.15) is 5.76 Å². The molecule has 0 saturated carbocycles. The zero-order valence-electron chi connectivity index (χ0n) is 14.4. The van der Waals surface area contributed by atoms with Gasteiger partial charge in [-0.05, 0) is 49.6 Å². The molecule has 1 amide bonds. The second kappa shape index (κ2) is 7.82. The number of piperidine rings is 1. The Morgan fingerprint density at radius 2 is 2.19 bits per heavy atom. The molecule has 8 heteroatoms.